The van der Waals surface area contributed by atoms with Gasteiger partial charge in [0.05, 0.1) is 7.11 Å². The Morgan fingerprint density at radius 3 is 2.55 bits per heavy atom. The summed E-state index contributed by atoms with van der Waals surface area (Å²) in [5.41, 5.74) is 7.26. The second-order valence-electron chi connectivity index (χ2n) is 5.71. The van der Waals surface area contributed by atoms with E-state index in [1.165, 1.54) is 50.5 Å². The molecule has 0 saturated carbocycles. The fourth-order valence-electron chi connectivity index (χ4n) is 2.65. The van der Waals surface area contributed by atoms with Crippen LogP contribution >= 0.6 is 0 Å². The van der Waals surface area contributed by atoms with E-state index in [9.17, 15) is 0 Å². The lowest BCUT2D eigenvalue weighted by atomic mass is 9.93. The van der Waals surface area contributed by atoms with Crippen molar-refractivity contribution in [2.75, 3.05) is 13.7 Å². The molecule has 0 aliphatic heterocycles. The number of rotatable bonds is 11. The lowest BCUT2D eigenvalue weighted by Crippen LogP contribution is -2.17. The second kappa shape index (κ2) is 10.7. The number of hydrogen-bond donors (Lipinski definition) is 1. The molecule has 0 saturated heterocycles. The van der Waals surface area contributed by atoms with Crippen LogP contribution in [-0.4, -0.2) is 13.7 Å². The third-order valence-electron chi connectivity index (χ3n) is 3.96. The number of benzene rings is 1. The van der Waals surface area contributed by atoms with Gasteiger partial charge < -0.3 is 10.5 Å². The van der Waals surface area contributed by atoms with Gasteiger partial charge in [-0.05, 0) is 43.0 Å². The van der Waals surface area contributed by atoms with Crippen molar-refractivity contribution >= 4 is 0 Å². The molecular weight excluding hydrogens is 246 g/mol. The van der Waals surface area contributed by atoms with E-state index in [0.717, 1.165) is 18.7 Å². The Hall–Kier alpha value is -1.02. The van der Waals surface area contributed by atoms with Gasteiger partial charge >= 0.3 is 0 Å². The molecule has 0 aromatic heterocycles. The van der Waals surface area contributed by atoms with Crippen molar-refractivity contribution in [3.8, 4) is 5.75 Å². The quantitative estimate of drug-likeness (QED) is 0.602. The maximum atomic E-state index is 5.92. The van der Waals surface area contributed by atoms with Crippen LogP contribution in [0, 0.1) is 5.92 Å². The molecule has 2 nitrogen and oxygen atoms in total. The van der Waals surface area contributed by atoms with Crippen molar-refractivity contribution in [1.29, 1.82) is 0 Å². The minimum Gasteiger partial charge on any atom is -0.497 e. The van der Waals surface area contributed by atoms with Gasteiger partial charge in [-0.3, -0.25) is 0 Å². The number of unbranched alkanes of at least 4 members (excludes halogenated alkanes) is 5. The Morgan fingerprint density at radius 1 is 1.10 bits per heavy atom. The Labute approximate surface area is 124 Å². The average molecular weight is 277 g/mol. The van der Waals surface area contributed by atoms with Crippen molar-refractivity contribution in [1.82, 2.24) is 0 Å². The molecule has 2 heteroatoms. The van der Waals surface area contributed by atoms with E-state index in [2.05, 4.69) is 25.1 Å². The minimum absolute atomic E-state index is 0.605. The van der Waals surface area contributed by atoms with Crippen LogP contribution in [-0.2, 0) is 6.42 Å². The third-order valence-corrected chi connectivity index (χ3v) is 3.96. The number of ether oxygens (including phenoxy) is 1. The van der Waals surface area contributed by atoms with E-state index >= 15 is 0 Å². The summed E-state index contributed by atoms with van der Waals surface area (Å²) in [7, 11) is 1.72. The molecule has 20 heavy (non-hydrogen) atoms. The first-order valence-corrected chi connectivity index (χ1v) is 8.13. The van der Waals surface area contributed by atoms with Crippen LogP contribution in [0.25, 0.3) is 0 Å². The molecule has 0 bridgehead atoms. The predicted octanol–water partition coefficient (Wildman–Crippen LogP) is 4.56. The summed E-state index contributed by atoms with van der Waals surface area (Å²) in [6, 6.07) is 8.36. The molecule has 1 aromatic rings. The molecule has 0 spiro atoms. The van der Waals surface area contributed by atoms with Crippen molar-refractivity contribution in [2.24, 2.45) is 11.7 Å². The van der Waals surface area contributed by atoms with Crippen LogP contribution in [0.15, 0.2) is 24.3 Å². The Bertz CT molecular complexity index is 351. The van der Waals surface area contributed by atoms with Crippen LogP contribution < -0.4 is 10.5 Å². The van der Waals surface area contributed by atoms with Gasteiger partial charge in [0.25, 0.3) is 0 Å². The number of methoxy groups -OCH3 is 1. The normalized spacial score (nSPS) is 12.3. The van der Waals surface area contributed by atoms with Crippen LogP contribution in [0.4, 0.5) is 0 Å². The second-order valence-corrected chi connectivity index (χ2v) is 5.71. The largest absolute Gasteiger partial charge is 0.497 e. The van der Waals surface area contributed by atoms with Gasteiger partial charge in [-0.1, -0.05) is 57.6 Å². The molecule has 0 aliphatic rings. The third kappa shape index (κ3) is 6.95. The molecule has 0 radical (unpaired) electrons. The summed E-state index contributed by atoms with van der Waals surface area (Å²) in [4.78, 5) is 0. The molecule has 0 amide bonds. The molecule has 1 aromatic carbocycles. The van der Waals surface area contributed by atoms with E-state index in [1.54, 1.807) is 7.11 Å². The van der Waals surface area contributed by atoms with E-state index in [0.29, 0.717) is 5.92 Å². The Kier molecular flexibility index (Phi) is 9.14. The van der Waals surface area contributed by atoms with Gasteiger partial charge in [0.2, 0.25) is 0 Å². The SMILES string of the molecule is CCCCCCCCC(CN)Cc1cccc(OC)c1. The fourth-order valence-corrected chi connectivity index (χ4v) is 2.65. The van der Waals surface area contributed by atoms with Crippen LogP contribution in [0.3, 0.4) is 0 Å². The first-order chi connectivity index (χ1) is 9.80. The smallest absolute Gasteiger partial charge is 0.119 e. The monoisotopic (exact) mass is 277 g/mol. The Morgan fingerprint density at radius 2 is 1.85 bits per heavy atom. The minimum atomic E-state index is 0.605. The van der Waals surface area contributed by atoms with Crippen LogP contribution in [0.5, 0.6) is 5.75 Å². The van der Waals surface area contributed by atoms with Crippen molar-refractivity contribution < 1.29 is 4.74 Å². The molecule has 1 unspecified atom stereocenters. The molecule has 114 valence electrons. The highest BCUT2D eigenvalue weighted by atomic mass is 16.5. The molecular formula is C18H31NO. The fraction of sp³-hybridized carbons (Fsp3) is 0.667. The van der Waals surface area contributed by atoms with Gasteiger partial charge in [-0.2, -0.15) is 0 Å². The van der Waals surface area contributed by atoms with Crippen LogP contribution in [0.2, 0.25) is 0 Å². The van der Waals surface area contributed by atoms with Crippen molar-refractivity contribution in [3.05, 3.63) is 29.8 Å². The molecule has 1 rings (SSSR count). The first kappa shape index (κ1) is 17.0. The highest BCUT2D eigenvalue weighted by Gasteiger charge is 2.08. The standard InChI is InChI=1S/C18H31NO/c1-3-4-5-6-7-8-10-17(15-19)13-16-11-9-12-18(14-16)20-2/h9,11-12,14,17H,3-8,10,13,15,19H2,1-2H3. The van der Waals surface area contributed by atoms with Crippen molar-refractivity contribution in [3.63, 3.8) is 0 Å². The van der Waals surface area contributed by atoms with E-state index in [1.807, 2.05) is 6.07 Å². The average Bonchev–Trinajstić information content (AvgIpc) is 2.49. The first-order valence-electron chi connectivity index (χ1n) is 8.13. The van der Waals surface area contributed by atoms with Gasteiger partial charge in [0.1, 0.15) is 5.75 Å². The highest BCUT2D eigenvalue weighted by Crippen LogP contribution is 2.19. The maximum Gasteiger partial charge on any atom is 0.119 e. The Balaban J connectivity index is 2.27. The zero-order chi connectivity index (χ0) is 14.6. The molecule has 0 aliphatic carbocycles. The van der Waals surface area contributed by atoms with E-state index in [-0.39, 0.29) is 0 Å². The summed E-state index contributed by atoms with van der Waals surface area (Å²) >= 11 is 0. The summed E-state index contributed by atoms with van der Waals surface area (Å²) in [5.74, 6) is 1.55. The lowest BCUT2D eigenvalue weighted by Gasteiger charge is -2.15. The summed E-state index contributed by atoms with van der Waals surface area (Å²) < 4.78 is 5.27. The molecule has 0 heterocycles. The van der Waals surface area contributed by atoms with Gasteiger partial charge in [0.15, 0.2) is 0 Å². The zero-order valence-corrected chi connectivity index (χ0v) is 13.2. The summed E-state index contributed by atoms with van der Waals surface area (Å²) in [6.45, 7) is 3.05. The van der Waals surface area contributed by atoms with Crippen LogP contribution in [0.1, 0.15) is 57.4 Å². The molecule has 0 fully saturated rings. The molecule has 2 N–H and O–H groups in total. The molecule has 1 atom stereocenters. The number of hydrogen-bond acceptors (Lipinski definition) is 2. The lowest BCUT2D eigenvalue weighted by molar-refractivity contribution is 0.412. The maximum absolute atomic E-state index is 5.92. The van der Waals surface area contributed by atoms with Gasteiger partial charge in [-0.15, -0.1) is 0 Å². The van der Waals surface area contributed by atoms with Gasteiger partial charge in [-0.25, -0.2) is 0 Å². The zero-order valence-electron chi connectivity index (χ0n) is 13.2. The van der Waals surface area contributed by atoms with E-state index in [4.69, 9.17) is 10.5 Å². The highest BCUT2D eigenvalue weighted by molar-refractivity contribution is 5.28. The van der Waals surface area contributed by atoms with E-state index < -0.39 is 0 Å². The summed E-state index contributed by atoms with van der Waals surface area (Å²) in [6.07, 6.45) is 10.5. The topological polar surface area (TPSA) is 35.2 Å². The van der Waals surface area contributed by atoms with Gasteiger partial charge in [0, 0.05) is 0 Å². The predicted molar refractivity (Wildman–Crippen MR) is 87.2 cm³/mol. The summed E-state index contributed by atoms with van der Waals surface area (Å²) in [5, 5.41) is 0. The number of nitrogens with two attached hydrogens (primary N) is 1. The van der Waals surface area contributed by atoms with Crippen molar-refractivity contribution in [2.45, 2.75) is 58.3 Å².